The molecule has 0 aliphatic carbocycles. The molecule has 0 bridgehead atoms. The van der Waals surface area contributed by atoms with Gasteiger partial charge in [0.15, 0.2) is 5.82 Å². The fourth-order valence-electron chi connectivity index (χ4n) is 2.17. The Kier molecular flexibility index (Phi) is 4.09. The molecule has 0 saturated heterocycles. The van der Waals surface area contributed by atoms with Gasteiger partial charge in [0.25, 0.3) is 0 Å². The van der Waals surface area contributed by atoms with Gasteiger partial charge in [0, 0.05) is 5.56 Å². The van der Waals surface area contributed by atoms with Gasteiger partial charge in [-0.1, -0.05) is 35.9 Å². The third-order valence-corrected chi connectivity index (χ3v) is 3.69. The Hall–Kier alpha value is -2.37. The van der Waals surface area contributed by atoms with E-state index in [0.717, 1.165) is 16.9 Å². The number of hydrogen-bond acceptors (Lipinski definition) is 4. The number of ether oxygens (including phenoxy) is 1. The van der Waals surface area contributed by atoms with Crippen LogP contribution >= 0.6 is 11.6 Å². The SMILES string of the molecule is COc1cccc([C@@H](N)c2nc(-c3ccccc3Cl)n[nH]2)c1. The third kappa shape index (κ3) is 2.81. The van der Waals surface area contributed by atoms with Crippen molar-refractivity contribution >= 4 is 11.6 Å². The minimum atomic E-state index is -0.418. The summed E-state index contributed by atoms with van der Waals surface area (Å²) in [4.78, 5) is 4.46. The van der Waals surface area contributed by atoms with E-state index < -0.39 is 6.04 Å². The van der Waals surface area contributed by atoms with Crippen molar-refractivity contribution in [3.05, 3.63) is 64.9 Å². The molecule has 0 aliphatic heterocycles. The van der Waals surface area contributed by atoms with Crippen molar-refractivity contribution in [3.63, 3.8) is 0 Å². The van der Waals surface area contributed by atoms with Crippen molar-refractivity contribution in [3.8, 4) is 17.1 Å². The average Bonchev–Trinajstić information content (AvgIpc) is 3.04. The van der Waals surface area contributed by atoms with Crippen LogP contribution in [0.1, 0.15) is 17.4 Å². The monoisotopic (exact) mass is 314 g/mol. The van der Waals surface area contributed by atoms with Crippen LogP contribution in [0.5, 0.6) is 5.75 Å². The van der Waals surface area contributed by atoms with Gasteiger partial charge in [-0.15, -0.1) is 0 Å². The zero-order valence-corrected chi connectivity index (χ0v) is 12.7. The number of benzene rings is 2. The van der Waals surface area contributed by atoms with E-state index in [-0.39, 0.29) is 0 Å². The van der Waals surface area contributed by atoms with Gasteiger partial charge in [-0.25, -0.2) is 4.98 Å². The molecular formula is C16H15ClN4O. The molecular weight excluding hydrogens is 300 g/mol. The van der Waals surface area contributed by atoms with Gasteiger partial charge in [-0.2, -0.15) is 5.10 Å². The highest BCUT2D eigenvalue weighted by Gasteiger charge is 2.16. The molecule has 112 valence electrons. The van der Waals surface area contributed by atoms with Crippen molar-refractivity contribution in [1.29, 1.82) is 0 Å². The summed E-state index contributed by atoms with van der Waals surface area (Å²) in [7, 11) is 1.62. The van der Waals surface area contributed by atoms with Crippen LogP contribution in [0.4, 0.5) is 0 Å². The lowest BCUT2D eigenvalue weighted by Crippen LogP contribution is -2.13. The third-order valence-electron chi connectivity index (χ3n) is 3.36. The Morgan fingerprint density at radius 1 is 1.18 bits per heavy atom. The summed E-state index contributed by atoms with van der Waals surface area (Å²) in [6.45, 7) is 0. The standard InChI is InChI=1S/C16H15ClN4O/c1-22-11-6-4-5-10(9-11)14(18)16-19-15(20-21-16)12-7-2-3-8-13(12)17/h2-9,14H,18H2,1H3,(H,19,20,21)/t14-/m1/s1. The van der Waals surface area contributed by atoms with Crippen molar-refractivity contribution in [2.75, 3.05) is 7.11 Å². The van der Waals surface area contributed by atoms with Crippen molar-refractivity contribution in [1.82, 2.24) is 15.2 Å². The second kappa shape index (κ2) is 6.17. The Bertz CT molecular complexity index is 787. The second-order valence-corrected chi connectivity index (χ2v) is 5.19. The number of hydrogen-bond donors (Lipinski definition) is 2. The van der Waals surface area contributed by atoms with E-state index in [9.17, 15) is 0 Å². The number of nitrogens with one attached hydrogen (secondary N) is 1. The van der Waals surface area contributed by atoms with E-state index >= 15 is 0 Å². The number of methoxy groups -OCH3 is 1. The van der Waals surface area contributed by atoms with Crippen LogP contribution in [0.2, 0.25) is 5.02 Å². The molecule has 5 nitrogen and oxygen atoms in total. The van der Waals surface area contributed by atoms with Gasteiger partial charge < -0.3 is 10.5 Å². The molecule has 0 saturated carbocycles. The largest absolute Gasteiger partial charge is 0.497 e. The lowest BCUT2D eigenvalue weighted by molar-refractivity contribution is 0.414. The summed E-state index contributed by atoms with van der Waals surface area (Å²) >= 11 is 6.16. The summed E-state index contributed by atoms with van der Waals surface area (Å²) in [6.07, 6.45) is 0. The van der Waals surface area contributed by atoms with Crippen LogP contribution in [0.15, 0.2) is 48.5 Å². The van der Waals surface area contributed by atoms with Crippen molar-refractivity contribution in [2.45, 2.75) is 6.04 Å². The maximum absolute atomic E-state index is 6.25. The first-order chi connectivity index (χ1) is 10.7. The second-order valence-electron chi connectivity index (χ2n) is 4.78. The highest BCUT2D eigenvalue weighted by molar-refractivity contribution is 6.33. The van der Waals surface area contributed by atoms with E-state index in [1.807, 2.05) is 42.5 Å². The quantitative estimate of drug-likeness (QED) is 0.775. The van der Waals surface area contributed by atoms with Gasteiger partial charge in [-0.05, 0) is 29.8 Å². The number of H-pyrrole nitrogens is 1. The van der Waals surface area contributed by atoms with Gasteiger partial charge in [0.2, 0.25) is 0 Å². The minimum absolute atomic E-state index is 0.418. The molecule has 0 amide bonds. The molecule has 22 heavy (non-hydrogen) atoms. The molecule has 6 heteroatoms. The predicted molar refractivity (Wildman–Crippen MR) is 85.9 cm³/mol. The zero-order valence-electron chi connectivity index (χ0n) is 12.0. The van der Waals surface area contributed by atoms with E-state index in [1.165, 1.54) is 0 Å². The molecule has 0 radical (unpaired) electrons. The molecule has 0 unspecified atom stereocenters. The van der Waals surface area contributed by atoms with Gasteiger partial charge >= 0.3 is 0 Å². The molecule has 2 aromatic carbocycles. The molecule has 3 rings (SSSR count). The van der Waals surface area contributed by atoms with E-state index in [1.54, 1.807) is 13.2 Å². The van der Waals surface area contributed by atoms with Crippen LogP contribution in [0.3, 0.4) is 0 Å². The van der Waals surface area contributed by atoms with Gasteiger partial charge in [0.1, 0.15) is 11.6 Å². The topological polar surface area (TPSA) is 76.8 Å². The first kappa shape index (κ1) is 14.6. The van der Waals surface area contributed by atoms with E-state index in [2.05, 4.69) is 15.2 Å². The van der Waals surface area contributed by atoms with Crippen molar-refractivity contribution < 1.29 is 4.74 Å². The summed E-state index contributed by atoms with van der Waals surface area (Å²) in [5.41, 5.74) is 7.91. The summed E-state index contributed by atoms with van der Waals surface area (Å²) in [6, 6.07) is 14.6. The first-order valence-electron chi connectivity index (χ1n) is 6.76. The fraction of sp³-hybridized carbons (Fsp3) is 0.125. The van der Waals surface area contributed by atoms with Gasteiger partial charge in [0.05, 0.1) is 18.2 Å². The average molecular weight is 315 g/mol. The lowest BCUT2D eigenvalue weighted by Gasteiger charge is -2.09. The molecule has 1 atom stereocenters. The molecule has 0 fully saturated rings. The fourth-order valence-corrected chi connectivity index (χ4v) is 2.39. The molecule has 0 aliphatic rings. The van der Waals surface area contributed by atoms with Crippen molar-refractivity contribution in [2.24, 2.45) is 5.73 Å². The molecule has 3 N–H and O–H groups in total. The zero-order chi connectivity index (χ0) is 15.5. The molecule has 0 spiro atoms. The molecule has 3 aromatic rings. The van der Waals surface area contributed by atoms with Crippen LogP contribution in [0, 0.1) is 0 Å². The Balaban J connectivity index is 1.91. The minimum Gasteiger partial charge on any atom is -0.497 e. The maximum atomic E-state index is 6.25. The predicted octanol–water partition coefficient (Wildman–Crippen LogP) is 3.18. The summed E-state index contributed by atoms with van der Waals surface area (Å²) < 4.78 is 5.21. The van der Waals surface area contributed by atoms with Gasteiger partial charge in [-0.3, -0.25) is 5.10 Å². The number of aromatic amines is 1. The highest BCUT2D eigenvalue weighted by Crippen LogP contribution is 2.26. The lowest BCUT2D eigenvalue weighted by atomic mass is 10.1. The Labute approximate surface area is 133 Å². The number of aromatic nitrogens is 3. The van der Waals surface area contributed by atoms with E-state index in [0.29, 0.717) is 16.7 Å². The number of nitrogens with two attached hydrogens (primary N) is 1. The Morgan fingerprint density at radius 3 is 2.77 bits per heavy atom. The first-order valence-corrected chi connectivity index (χ1v) is 7.13. The van der Waals surface area contributed by atoms with Crippen LogP contribution in [-0.4, -0.2) is 22.3 Å². The van der Waals surface area contributed by atoms with E-state index in [4.69, 9.17) is 22.1 Å². The number of nitrogens with zero attached hydrogens (tertiary/aromatic N) is 2. The highest BCUT2D eigenvalue weighted by atomic mass is 35.5. The maximum Gasteiger partial charge on any atom is 0.182 e. The molecule has 1 aromatic heterocycles. The van der Waals surface area contributed by atoms with Crippen LogP contribution < -0.4 is 10.5 Å². The number of rotatable bonds is 4. The normalized spacial score (nSPS) is 12.1. The molecule has 1 heterocycles. The smallest absolute Gasteiger partial charge is 0.182 e. The summed E-state index contributed by atoms with van der Waals surface area (Å²) in [5, 5.41) is 7.69. The number of halogens is 1. The summed E-state index contributed by atoms with van der Waals surface area (Å²) in [5.74, 6) is 1.85. The van der Waals surface area contributed by atoms with Crippen LogP contribution in [-0.2, 0) is 0 Å². The van der Waals surface area contributed by atoms with Crippen LogP contribution in [0.25, 0.3) is 11.4 Å². The Morgan fingerprint density at radius 2 is 2.00 bits per heavy atom.